The van der Waals surface area contributed by atoms with Gasteiger partial charge in [-0.1, -0.05) is 15.9 Å². The van der Waals surface area contributed by atoms with Crippen LogP contribution in [-0.4, -0.2) is 0 Å². The second-order valence-electron chi connectivity index (χ2n) is 3.93. The monoisotopic (exact) mass is 301 g/mol. The number of nitrogens with zero attached hydrogens (tertiary/aromatic N) is 1. The molecular weight excluding hydrogens is 294 g/mol. The van der Waals surface area contributed by atoms with Crippen molar-refractivity contribution in [2.45, 2.75) is 0 Å². The lowest BCUT2D eigenvalue weighted by Crippen LogP contribution is -1.71. The third kappa shape index (κ3) is 1.95. The number of hydrogen-bond donors (Lipinski definition) is 0. The van der Waals surface area contributed by atoms with E-state index in [9.17, 15) is 4.91 Å². The topological polar surface area (TPSA) is 42.6 Å². The van der Waals surface area contributed by atoms with Crippen LogP contribution in [0.4, 0.5) is 5.69 Å². The summed E-state index contributed by atoms with van der Waals surface area (Å²) in [6, 6.07) is 14.8. The zero-order valence-electron chi connectivity index (χ0n) is 9.26. The molecule has 3 nitrogen and oxygen atoms in total. The molecule has 2 aromatic carbocycles. The van der Waals surface area contributed by atoms with Crippen molar-refractivity contribution in [2.75, 3.05) is 0 Å². The van der Waals surface area contributed by atoms with Crippen molar-refractivity contribution >= 4 is 32.6 Å². The number of halogens is 1. The standard InChI is InChI=1S/C14H8BrNO2/c15-11-3-6-13-10(7-11)8-14(18-13)9-1-4-12(16-17)5-2-9/h1-8H. The Labute approximate surface area is 112 Å². The molecule has 0 aliphatic rings. The summed E-state index contributed by atoms with van der Waals surface area (Å²) in [7, 11) is 0. The number of rotatable bonds is 2. The van der Waals surface area contributed by atoms with E-state index in [4.69, 9.17) is 4.42 Å². The molecule has 0 saturated heterocycles. The van der Waals surface area contributed by atoms with Crippen LogP contribution in [-0.2, 0) is 0 Å². The number of nitroso groups, excluding NO2 is 1. The van der Waals surface area contributed by atoms with Crippen molar-refractivity contribution in [1.82, 2.24) is 0 Å². The van der Waals surface area contributed by atoms with Crippen LogP contribution in [0, 0.1) is 4.91 Å². The Hall–Kier alpha value is -1.94. The molecule has 18 heavy (non-hydrogen) atoms. The average Bonchev–Trinajstić information content (AvgIpc) is 2.81. The SMILES string of the molecule is O=Nc1ccc(-c2cc3cc(Br)ccc3o2)cc1. The number of hydrogen-bond acceptors (Lipinski definition) is 3. The van der Waals surface area contributed by atoms with E-state index >= 15 is 0 Å². The van der Waals surface area contributed by atoms with Gasteiger partial charge in [-0.2, -0.15) is 0 Å². The van der Waals surface area contributed by atoms with Gasteiger partial charge in [-0.3, -0.25) is 0 Å². The van der Waals surface area contributed by atoms with Crippen LogP contribution in [0.3, 0.4) is 0 Å². The summed E-state index contributed by atoms with van der Waals surface area (Å²) in [6.45, 7) is 0. The van der Waals surface area contributed by atoms with Gasteiger partial charge >= 0.3 is 0 Å². The van der Waals surface area contributed by atoms with Crippen LogP contribution >= 0.6 is 15.9 Å². The van der Waals surface area contributed by atoms with Gasteiger partial charge in [0.05, 0.1) is 0 Å². The lowest BCUT2D eigenvalue weighted by Gasteiger charge is -1.95. The van der Waals surface area contributed by atoms with Gasteiger partial charge in [-0.05, 0) is 53.7 Å². The summed E-state index contributed by atoms with van der Waals surface area (Å²) < 4.78 is 6.77. The van der Waals surface area contributed by atoms with Gasteiger partial charge in [0.15, 0.2) is 0 Å². The molecule has 0 fully saturated rings. The fraction of sp³-hybridized carbons (Fsp3) is 0. The van der Waals surface area contributed by atoms with Gasteiger partial charge in [0.2, 0.25) is 0 Å². The quantitative estimate of drug-likeness (QED) is 0.606. The van der Waals surface area contributed by atoms with Crippen molar-refractivity contribution in [2.24, 2.45) is 5.18 Å². The summed E-state index contributed by atoms with van der Waals surface area (Å²) in [5.41, 5.74) is 2.18. The Morgan fingerprint density at radius 1 is 1.00 bits per heavy atom. The molecule has 0 bridgehead atoms. The lowest BCUT2D eigenvalue weighted by atomic mass is 10.1. The summed E-state index contributed by atoms with van der Waals surface area (Å²) in [6.07, 6.45) is 0. The lowest BCUT2D eigenvalue weighted by molar-refractivity contribution is 0.631. The third-order valence-corrected chi connectivity index (χ3v) is 3.23. The molecule has 0 aliphatic heterocycles. The Kier molecular flexibility index (Phi) is 2.72. The van der Waals surface area contributed by atoms with E-state index in [-0.39, 0.29) is 0 Å². The molecule has 0 aliphatic carbocycles. The maximum absolute atomic E-state index is 10.4. The largest absolute Gasteiger partial charge is 0.456 e. The highest BCUT2D eigenvalue weighted by atomic mass is 79.9. The smallest absolute Gasteiger partial charge is 0.135 e. The molecule has 0 amide bonds. The summed E-state index contributed by atoms with van der Waals surface area (Å²) in [5, 5.41) is 3.91. The molecule has 3 aromatic rings. The highest BCUT2D eigenvalue weighted by Crippen LogP contribution is 2.30. The van der Waals surface area contributed by atoms with Gasteiger partial charge in [-0.15, -0.1) is 4.91 Å². The predicted molar refractivity (Wildman–Crippen MR) is 74.8 cm³/mol. The Morgan fingerprint density at radius 3 is 2.50 bits per heavy atom. The molecule has 3 rings (SSSR count). The summed E-state index contributed by atoms with van der Waals surface area (Å²) >= 11 is 3.43. The first-order valence-electron chi connectivity index (χ1n) is 5.39. The molecule has 0 radical (unpaired) electrons. The molecule has 1 aromatic heterocycles. The molecule has 1 heterocycles. The maximum Gasteiger partial charge on any atom is 0.135 e. The Bertz CT molecular complexity index is 716. The number of fused-ring (bicyclic) bond motifs is 1. The van der Waals surface area contributed by atoms with E-state index in [0.717, 1.165) is 26.8 Å². The minimum Gasteiger partial charge on any atom is -0.456 e. The zero-order valence-corrected chi connectivity index (χ0v) is 10.8. The van der Waals surface area contributed by atoms with E-state index in [1.165, 1.54) is 0 Å². The summed E-state index contributed by atoms with van der Waals surface area (Å²) in [4.78, 5) is 10.4. The molecule has 0 atom stereocenters. The predicted octanol–water partition coefficient (Wildman–Crippen LogP) is 5.26. The van der Waals surface area contributed by atoms with Crippen LogP contribution in [0.15, 0.2) is 62.6 Å². The fourth-order valence-electron chi connectivity index (χ4n) is 1.84. The second-order valence-corrected chi connectivity index (χ2v) is 4.85. The van der Waals surface area contributed by atoms with Crippen LogP contribution in [0.2, 0.25) is 0 Å². The zero-order chi connectivity index (χ0) is 12.5. The number of furan rings is 1. The Balaban J connectivity index is 2.10. The van der Waals surface area contributed by atoms with Crippen LogP contribution in [0.25, 0.3) is 22.3 Å². The van der Waals surface area contributed by atoms with Gasteiger partial charge in [0.1, 0.15) is 17.0 Å². The molecule has 0 unspecified atom stereocenters. The molecule has 88 valence electrons. The van der Waals surface area contributed by atoms with E-state index in [0.29, 0.717) is 5.69 Å². The van der Waals surface area contributed by atoms with E-state index < -0.39 is 0 Å². The van der Waals surface area contributed by atoms with E-state index in [1.54, 1.807) is 12.1 Å². The second kappa shape index (κ2) is 4.38. The van der Waals surface area contributed by atoms with Crippen LogP contribution in [0.1, 0.15) is 0 Å². The molecule has 4 heteroatoms. The van der Waals surface area contributed by atoms with Crippen LogP contribution in [0.5, 0.6) is 0 Å². The molecule has 0 spiro atoms. The molecule has 0 N–H and O–H groups in total. The first-order valence-corrected chi connectivity index (χ1v) is 6.18. The van der Waals surface area contributed by atoms with Crippen molar-refractivity contribution in [3.8, 4) is 11.3 Å². The highest BCUT2D eigenvalue weighted by molar-refractivity contribution is 9.10. The van der Waals surface area contributed by atoms with Gasteiger partial charge in [-0.25, -0.2) is 0 Å². The van der Waals surface area contributed by atoms with Crippen LogP contribution < -0.4 is 0 Å². The van der Waals surface area contributed by atoms with Crippen molar-refractivity contribution in [3.05, 3.63) is 57.9 Å². The Morgan fingerprint density at radius 2 is 1.78 bits per heavy atom. The van der Waals surface area contributed by atoms with Crippen molar-refractivity contribution in [3.63, 3.8) is 0 Å². The third-order valence-electron chi connectivity index (χ3n) is 2.74. The average molecular weight is 302 g/mol. The van der Waals surface area contributed by atoms with Gasteiger partial charge in [0.25, 0.3) is 0 Å². The minimum absolute atomic E-state index is 0.414. The van der Waals surface area contributed by atoms with Gasteiger partial charge in [0, 0.05) is 15.4 Å². The van der Waals surface area contributed by atoms with Gasteiger partial charge < -0.3 is 4.42 Å². The van der Waals surface area contributed by atoms with E-state index in [2.05, 4.69) is 21.1 Å². The first kappa shape index (κ1) is 11.2. The highest BCUT2D eigenvalue weighted by Gasteiger charge is 2.06. The fourth-order valence-corrected chi connectivity index (χ4v) is 2.22. The molecule has 0 saturated carbocycles. The normalized spacial score (nSPS) is 10.7. The van der Waals surface area contributed by atoms with E-state index in [1.807, 2.05) is 36.4 Å². The minimum atomic E-state index is 0.414. The first-order chi connectivity index (χ1) is 8.76. The van der Waals surface area contributed by atoms with Crippen molar-refractivity contribution < 1.29 is 4.42 Å². The number of benzene rings is 2. The van der Waals surface area contributed by atoms with Crippen molar-refractivity contribution in [1.29, 1.82) is 0 Å². The summed E-state index contributed by atoms with van der Waals surface area (Å²) in [5.74, 6) is 0.778. The molecular formula is C14H8BrNO2. The maximum atomic E-state index is 10.4.